The van der Waals surface area contributed by atoms with E-state index in [1.807, 2.05) is 18.2 Å². The van der Waals surface area contributed by atoms with E-state index in [2.05, 4.69) is 25.0 Å². The van der Waals surface area contributed by atoms with Gasteiger partial charge in [0, 0.05) is 24.0 Å². The zero-order chi connectivity index (χ0) is 22.8. The predicted molar refractivity (Wildman–Crippen MR) is 121 cm³/mol. The standard InChI is InChI=1S/C21H17ClN6O4S/c22-15-2-4-16(5-3-15)33(29,30)27-17-11-25-21(28-8-7-23-12-28)26-20(17)24-10-14-1-6-18-19(9-14)32-13-31-18/h1-9,11-12,27H,10,13H2,(H,24,25,26). The maximum atomic E-state index is 12.9. The number of nitrogens with zero attached hydrogens (tertiary/aromatic N) is 4. The molecule has 2 aromatic heterocycles. The van der Waals surface area contributed by atoms with E-state index in [0.717, 1.165) is 5.56 Å². The lowest BCUT2D eigenvalue weighted by atomic mass is 10.2. The number of ether oxygens (including phenoxy) is 2. The molecule has 0 radical (unpaired) electrons. The lowest BCUT2D eigenvalue weighted by Crippen LogP contribution is -2.16. The van der Waals surface area contributed by atoms with Crippen molar-refractivity contribution in [2.45, 2.75) is 11.4 Å². The van der Waals surface area contributed by atoms with Crippen molar-refractivity contribution in [1.29, 1.82) is 0 Å². The molecule has 0 unspecified atom stereocenters. The van der Waals surface area contributed by atoms with Crippen LogP contribution < -0.4 is 19.5 Å². The molecule has 168 valence electrons. The third-order valence-corrected chi connectivity index (χ3v) is 6.41. The smallest absolute Gasteiger partial charge is 0.262 e. The summed E-state index contributed by atoms with van der Waals surface area (Å²) < 4.78 is 40.7. The number of nitrogens with one attached hydrogen (secondary N) is 2. The van der Waals surface area contributed by atoms with Crippen LogP contribution >= 0.6 is 11.6 Å². The first-order chi connectivity index (χ1) is 16.0. The molecule has 1 aliphatic heterocycles. The second-order valence-electron chi connectivity index (χ2n) is 7.00. The van der Waals surface area contributed by atoms with Gasteiger partial charge in [0.1, 0.15) is 12.0 Å². The number of hydrogen-bond donors (Lipinski definition) is 2. The summed E-state index contributed by atoms with van der Waals surface area (Å²) in [7, 11) is -3.89. The molecular formula is C21H17ClN6O4S. The van der Waals surface area contributed by atoms with Gasteiger partial charge in [0.2, 0.25) is 12.7 Å². The average molecular weight is 485 g/mol. The van der Waals surface area contributed by atoms with E-state index >= 15 is 0 Å². The van der Waals surface area contributed by atoms with Crippen molar-refractivity contribution in [2.75, 3.05) is 16.8 Å². The summed E-state index contributed by atoms with van der Waals surface area (Å²) in [5.41, 5.74) is 1.09. The summed E-state index contributed by atoms with van der Waals surface area (Å²) in [4.78, 5) is 12.8. The normalized spacial score (nSPS) is 12.5. The number of halogens is 1. The summed E-state index contributed by atoms with van der Waals surface area (Å²) in [5, 5.41) is 3.61. The fourth-order valence-electron chi connectivity index (χ4n) is 3.14. The minimum Gasteiger partial charge on any atom is -0.454 e. The number of fused-ring (bicyclic) bond motifs is 1. The molecule has 0 saturated heterocycles. The van der Waals surface area contributed by atoms with Gasteiger partial charge >= 0.3 is 0 Å². The molecular weight excluding hydrogens is 468 g/mol. The number of anilines is 2. The molecule has 3 heterocycles. The van der Waals surface area contributed by atoms with Crippen molar-refractivity contribution in [2.24, 2.45) is 0 Å². The largest absolute Gasteiger partial charge is 0.454 e. The lowest BCUT2D eigenvalue weighted by Gasteiger charge is -2.14. The van der Waals surface area contributed by atoms with Crippen molar-refractivity contribution in [3.8, 4) is 17.4 Å². The molecule has 1 aliphatic rings. The van der Waals surface area contributed by atoms with E-state index in [4.69, 9.17) is 21.1 Å². The van der Waals surface area contributed by atoms with Crippen LogP contribution in [0.1, 0.15) is 5.56 Å². The number of hydrogen-bond acceptors (Lipinski definition) is 8. The van der Waals surface area contributed by atoms with Gasteiger partial charge in [0.15, 0.2) is 17.3 Å². The molecule has 0 saturated carbocycles. The van der Waals surface area contributed by atoms with Crippen molar-refractivity contribution < 1.29 is 17.9 Å². The highest BCUT2D eigenvalue weighted by Gasteiger charge is 2.19. The Morgan fingerprint density at radius 2 is 1.91 bits per heavy atom. The topological polar surface area (TPSA) is 120 Å². The highest BCUT2D eigenvalue weighted by molar-refractivity contribution is 7.92. The summed E-state index contributed by atoms with van der Waals surface area (Å²) in [6, 6.07) is 11.4. The highest BCUT2D eigenvalue weighted by atomic mass is 35.5. The Kier molecular flexibility index (Phi) is 5.48. The minimum atomic E-state index is -3.89. The predicted octanol–water partition coefficient (Wildman–Crippen LogP) is 3.46. The molecule has 2 N–H and O–H groups in total. The third-order valence-electron chi connectivity index (χ3n) is 4.78. The van der Waals surface area contributed by atoms with Crippen molar-refractivity contribution in [1.82, 2.24) is 19.5 Å². The van der Waals surface area contributed by atoms with E-state index in [-0.39, 0.29) is 17.4 Å². The second-order valence-corrected chi connectivity index (χ2v) is 9.12. The van der Waals surface area contributed by atoms with Crippen molar-refractivity contribution in [3.63, 3.8) is 0 Å². The molecule has 33 heavy (non-hydrogen) atoms. The van der Waals surface area contributed by atoms with Crippen molar-refractivity contribution in [3.05, 3.63) is 78.0 Å². The fraction of sp³-hybridized carbons (Fsp3) is 0.0952. The SMILES string of the molecule is O=S(=O)(Nc1cnc(-n2ccnc2)nc1NCc1ccc2c(c1)OCO2)c1ccc(Cl)cc1. The number of imidazole rings is 1. The Morgan fingerprint density at radius 1 is 1.09 bits per heavy atom. The van der Waals surface area contributed by atoms with Gasteiger partial charge in [-0.2, -0.15) is 4.98 Å². The van der Waals surface area contributed by atoms with Crippen LogP contribution in [0.25, 0.3) is 5.95 Å². The minimum absolute atomic E-state index is 0.0623. The Bertz CT molecular complexity index is 1400. The number of aromatic nitrogens is 4. The van der Waals surface area contributed by atoms with Gasteiger partial charge in [0.25, 0.3) is 10.0 Å². The van der Waals surface area contributed by atoms with E-state index in [0.29, 0.717) is 34.8 Å². The van der Waals surface area contributed by atoms with Crippen LogP contribution in [0.15, 0.2) is 72.3 Å². The number of rotatable bonds is 7. The highest BCUT2D eigenvalue weighted by Crippen LogP contribution is 2.33. The Labute approximate surface area is 194 Å². The molecule has 12 heteroatoms. The lowest BCUT2D eigenvalue weighted by molar-refractivity contribution is 0.174. The van der Waals surface area contributed by atoms with Gasteiger partial charge in [-0.25, -0.2) is 18.4 Å². The third kappa shape index (κ3) is 4.54. The Balaban J connectivity index is 1.44. The van der Waals surface area contributed by atoms with Crippen LogP contribution in [0.2, 0.25) is 5.02 Å². The molecule has 0 fully saturated rings. The molecule has 0 amide bonds. The molecule has 0 spiro atoms. The molecule has 0 aliphatic carbocycles. The first kappa shape index (κ1) is 21.0. The molecule has 2 aromatic carbocycles. The quantitative estimate of drug-likeness (QED) is 0.409. The monoisotopic (exact) mass is 484 g/mol. The zero-order valence-electron chi connectivity index (χ0n) is 17.0. The molecule has 4 aromatic rings. The van der Waals surface area contributed by atoms with E-state index < -0.39 is 10.0 Å². The van der Waals surface area contributed by atoms with E-state index in [1.165, 1.54) is 30.5 Å². The fourth-order valence-corrected chi connectivity index (χ4v) is 4.32. The summed E-state index contributed by atoms with van der Waals surface area (Å²) in [6.07, 6.45) is 6.24. The van der Waals surface area contributed by atoms with Crippen LogP contribution in [-0.4, -0.2) is 34.7 Å². The molecule has 0 atom stereocenters. The van der Waals surface area contributed by atoms with Gasteiger partial charge in [0.05, 0.1) is 11.1 Å². The number of sulfonamides is 1. The van der Waals surface area contributed by atoms with Crippen LogP contribution in [0.4, 0.5) is 11.5 Å². The molecule has 0 bridgehead atoms. The van der Waals surface area contributed by atoms with Gasteiger partial charge in [-0.15, -0.1) is 0 Å². The first-order valence-electron chi connectivity index (χ1n) is 9.74. The van der Waals surface area contributed by atoms with Crippen LogP contribution in [0, 0.1) is 0 Å². The summed E-state index contributed by atoms with van der Waals surface area (Å²) in [5.74, 6) is 1.96. The first-order valence-corrected chi connectivity index (χ1v) is 11.6. The van der Waals surface area contributed by atoms with Gasteiger partial charge in [-0.3, -0.25) is 9.29 Å². The Hall–Kier alpha value is -3.83. The summed E-state index contributed by atoms with van der Waals surface area (Å²) >= 11 is 5.88. The number of benzene rings is 2. The van der Waals surface area contributed by atoms with Crippen LogP contribution in [0.5, 0.6) is 11.5 Å². The maximum Gasteiger partial charge on any atom is 0.262 e. The van der Waals surface area contributed by atoms with E-state index in [1.54, 1.807) is 23.3 Å². The van der Waals surface area contributed by atoms with Gasteiger partial charge < -0.3 is 14.8 Å². The maximum absolute atomic E-state index is 12.9. The van der Waals surface area contributed by atoms with Gasteiger partial charge in [-0.05, 0) is 42.0 Å². The van der Waals surface area contributed by atoms with Crippen molar-refractivity contribution >= 4 is 33.1 Å². The summed E-state index contributed by atoms with van der Waals surface area (Å²) in [6.45, 7) is 0.537. The van der Waals surface area contributed by atoms with Crippen LogP contribution in [0.3, 0.4) is 0 Å². The van der Waals surface area contributed by atoms with Gasteiger partial charge in [-0.1, -0.05) is 17.7 Å². The van der Waals surface area contributed by atoms with Crippen LogP contribution in [-0.2, 0) is 16.6 Å². The molecule has 10 nitrogen and oxygen atoms in total. The second kappa shape index (κ2) is 8.60. The van der Waals surface area contributed by atoms with E-state index in [9.17, 15) is 8.42 Å². The average Bonchev–Trinajstić information content (AvgIpc) is 3.50. The Morgan fingerprint density at radius 3 is 2.70 bits per heavy atom. The zero-order valence-corrected chi connectivity index (χ0v) is 18.5. The molecule has 5 rings (SSSR count).